The maximum Gasteiger partial charge on any atom is 0.335 e. The van der Waals surface area contributed by atoms with Gasteiger partial charge in [0.1, 0.15) is 30.2 Å². The lowest BCUT2D eigenvalue weighted by molar-refractivity contribution is -0.277. The minimum atomic E-state index is -1.63. The van der Waals surface area contributed by atoms with E-state index in [9.17, 15) is 25.2 Å². The zero-order chi connectivity index (χ0) is 16.4. The number of aliphatic hydroxyl groups excluding tert-OH is 4. The van der Waals surface area contributed by atoms with Gasteiger partial charge >= 0.3 is 5.97 Å². The van der Waals surface area contributed by atoms with Crippen LogP contribution in [0.5, 0.6) is 11.5 Å². The number of hydrogen-bond acceptors (Lipinski definition) is 8. The highest BCUT2D eigenvalue weighted by atomic mass is 16.7. The van der Waals surface area contributed by atoms with Gasteiger partial charge in [0, 0.05) is 0 Å². The van der Waals surface area contributed by atoms with E-state index in [0.29, 0.717) is 0 Å². The first-order chi connectivity index (χ1) is 10.3. The second kappa shape index (κ2) is 6.46. The van der Waals surface area contributed by atoms with Gasteiger partial charge in [0.25, 0.3) is 0 Å². The number of ether oxygens (including phenoxy) is 2. The molecule has 1 aromatic carbocycles. The second-order valence-corrected chi connectivity index (χ2v) is 4.78. The Morgan fingerprint density at radius 3 is 2.50 bits per heavy atom. The smallest absolute Gasteiger partial charge is 0.335 e. The van der Waals surface area contributed by atoms with Crippen molar-refractivity contribution in [3.8, 4) is 11.5 Å². The van der Waals surface area contributed by atoms with Crippen LogP contribution >= 0.6 is 0 Å². The Morgan fingerprint density at radius 1 is 1.23 bits per heavy atom. The normalized spacial score (nSPS) is 31.7. The molecule has 9 heteroatoms. The summed E-state index contributed by atoms with van der Waals surface area (Å²) in [4.78, 5) is 10.9. The van der Waals surface area contributed by atoms with Gasteiger partial charge in [-0.05, 0) is 12.1 Å². The van der Waals surface area contributed by atoms with E-state index in [1.54, 1.807) is 0 Å². The molecule has 0 amide bonds. The fraction of sp³-hybridized carbons (Fsp3) is 0.462. The van der Waals surface area contributed by atoms with E-state index in [2.05, 4.69) is 0 Å². The van der Waals surface area contributed by atoms with Crippen LogP contribution in [0.3, 0.4) is 0 Å². The molecule has 2 rings (SSSR count). The van der Waals surface area contributed by atoms with Crippen LogP contribution < -0.4 is 9.84 Å². The van der Waals surface area contributed by atoms with Crippen LogP contribution in [0.15, 0.2) is 18.2 Å². The van der Waals surface area contributed by atoms with Crippen LogP contribution in [0, 0.1) is 0 Å². The molecule has 1 aromatic rings. The molecule has 0 spiro atoms. The summed E-state index contributed by atoms with van der Waals surface area (Å²) < 4.78 is 10.3. The van der Waals surface area contributed by atoms with Gasteiger partial charge in [0.15, 0.2) is 0 Å². The molecule has 22 heavy (non-hydrogen) atoms. The Kier molecular flexibility index (Phi) is 4.84. The first-order valence-electron chi connectivity index (χ1n) is 6.36. The lowest BCUT2D eigenvalue weighted by Crippen LogP contribution is -2.60. The molecule has 1 aliphatic heterocycles. The van der Waals surface area contributed by atoms with Crippen LogP contribution in [-0.2, 0) is 4.74 Å². The molecule has 0 bridgehead atoms. The van der Waals surface area contributed by atoms with E-state index in [0.717, 1.165) is 12.1 Å². The molecule has 1 aliphatic rings. The SMILES string of the molecule is O=C(O)c1cc(O[C@@H]2O[C@H](CO)[C@@H](O)[C@H](O)[C@H]2O)ccc1[O-]. The summed E-state index contributed by atoms with van der Waals surface area (Å²) in [5, 5.41) is 58.3. The highest BCUT2D eigenvalue weighted by Gasteiger charge is 2.44. The molecule has 5 atom stereocenters. The third-order valence-electron chi connectivity index (χ3n) is 3.28. The minimum absolute atomic E-state index is 0.0821. The fourth-order valence-electron chi connectivity index (χ4n) is 2.05. The van der Waals surface area contributed by atoms with Crippen molar-refractivity contribution in [2.45, 2.75) is 30.7 Å². The van der Waals surface area contributed by atoms with Crippen molar-refractivity contribution in [2.24, 2.45) is 0 Å². The van der Waals surface area contributed by atoms with E-state index in [1.165, 1.54) is 6.07 Å². The van der Waals surface area contributed by atoms with Crippen molar-refractivity contribution >= 4 is 5.97 Å². The predicted octanol–water partition coefficient (Wildman–Crippen LogP) is -2.36. The summed E-state index contributed by atoms with van der Waals surface area (Å²) in [6.45, 7) is -0.620. The molecule has 122 valence electrons. The van der Waals surface area contributed by atoms with E-state index in [-0.39, 0.29) is 5.75 Å². The Balaban J connectivity index is 2.19. The van der Waals surface area contributed by atoms with Gasteiger partial charge < -0.3 is 40.1 Å². The van der Waals surface area contributed by atoms with Gasteiger partial charge in [-0.15, -0.1) is 0 Å². The number of carbonyl (C=O) groups is 1. The van der Waals surface area contributed by atoms with Crippen molar-refractivity contribution in [1.82, 2.24) is 0 Å². The fourth-order valence-corrected chi connectivity index (χ4v) is 2.05. The molecule has 1 heterocycles. The topological polar surface area (TPSA) is 160 Å². The summed E-state index contributed by atoms with van der Waals surface area (Å²) in [6, 6.07) is 3.10. The molecule has 1 fully saturated rings. The maximum absolute atomic E-state index is 11.3. The zero-order valence-corrected chi connectivity index (χ0v) is 11.2. The van der Waals surface area contributed by atoms with Crippen LogP contribution in [0.2, 0.25) is 0 Å². The van der Waals surface area contributed by atoms with Crippen molar-refractivity contribution in [3.63, 3.8) is 0 Å². The van der Waals surface area contributed by atoms with Crippen molar-refractivity contribution in [3.05, 3.63) is 23.8 Å². The first kappa shape index (κ1) is 16.5. The average Bonchev–Trinajstić information content (AvgIpc) is 2.49. The summed E-state index contributed by atoms with van der Waals surface area (Å²) in [7, 11) is 0. The molecule has 0 saturated carbocycles. The monoisotopic (exact) mass is 315 g/mol. The summed E-state index contributed by atoms with van der Waals surface area (Å²) in [5.74, 6) is -2.24. The molecule has 9 nitrogen and oxygen atoms in total. The van der Waals surface area contributed by atoms with E-state index in [1.807, 2.05) is 0 Å². The van der Waals surface area contributed by atoms with E-state index < -0.39 is 54.6 Å². The van der Waals surface area contributed by atoms with Crippen LogP contribution in [0.4, 0.5) is 0 Å². The number of aromatic carboxylic acids is 1. The minimum Gasteiger partial charge on any atom is -0.872 e. The number of rotatable bonds is 4. The molecule has 0 unspecified atom stereocenters. The number of benzene rings is 1. The van der Waals surface area contributed by atoms with Gasteiger partial charge in [-0.3, -0.25) is 0 Å². The standard InChI is InChI=1S/C13H16O9/c14-4-8-9(16)10(17)11(18)13(22-8)21-5-1-2-7(15)6(3-5)12(19)20/h1-3,8-11,13-18H,4H2,(H,19,20)/p-1/t8-,9-,10+,11-,13-/m1/s1. The molecule has 1 saturated heterocycles. The summed E-state index contributed by atoms with van der Waals surface area (Å²) >= 11 is 0. The third kappa shape index (κ3) is 3.13. The van der Waals surface area contributed by atoms with Gasteiger partial charge in [-0.25, -0.2) is 4.79 Å². The zero-order valence-electron chi connectivity index (χ0n) is 11.2. The lowest BCUT2D eigenvalue weighted by Gasteiger charge is -2.39. The highest BCUT2D eigenvalue weighted by Crippen LogP contribution is 2.26. The van der Waals surface area contributed by atoms with Crippen molar-refractivity contribution in [2.75, 3.05) is 6.61 Å². The Hall–Kier alpha value is -1.91. The van der Waals surface area contributed by atoms with Gasteiger partial charge in [0.05, 0.1) is 12.2 Å². The average molecular weight is 315 g/mol. The number of carboxylic acid groups (broad SMARTS) is 1. The first-order valence-corrected chi connectivity index (χ1v) is 6.36. The summed E-state index contributed by atoms with van der Waals surface area (Å²) in [6.07, 6.45) is -7.37. The van der Waals surface area contributed by atoms with E-state index in [4.69, 9.17) is 19.7 Å². The third-order valence-corrected chi connectivity index (χ3v) is 3.28. The lowest BCUT2D eigenvalue weighted by atomic mass is 9.99. The van der Waals surface area contributed by atoms with Crippen LogP contribution in [0.25, 0.3) is 0 Å². The molecule has 5 N–H and O–H groups in total. The van der Waals surface area contributed by atoms with Gasteiger partial charge in [-0.1, -0.05) is 11.8 Å². The highest BCUT2D eigenvalue weighted by molar-refractivity contribution is 5.91. The molecule has 0 radical (unpaired) electrons. The van der Waals surface area contributed by atoms with Crippen molar-refractivity contribution in [1.29, 1.82) is 0 Å². The van der Waals surface area contributed by atoms with Crippen LogP contribution in [0.1, 0.15) is 10.4 Å². The Bertz CT molecular complexity index is 544. The molecular formula is C13H15O9-. The quantitative estimate of drug-likeness (QED) is 0.409. The van der Waals surface area contributed by atoms with Gasteiger partial charge in [-0.2, -0.15) is 0 Å². The summed E-state index contributed by atoms with van der Waals surface area (Å²) in [5.41, 5.74) is -0.526. The molecule has 0 aliphatic carbocycles. The number of carboxylic acids is 1. The van der Waals surface area contributed by atoms with E-state index >= 15 is 0 Å². The maximum atomic E-state index is 11.3. The number of aliphatic hydroxyl groups is 4. The second-order valence-electron chi connectivity index (χ2n) is 4.78. The van der Waals surface area contributed by atoms with Crippen molar-refractivity contribution < 1.29 is 44.9 Å². The Morgan fingerprint density at radius 2 is 1.91 bits per heavy atom. The Labute approximate surface area is 124 Å². The molecular weight excluding hydrogens is 300 g/mol. The largest absolute Gasteiger partial charge is 0.872 e. The van der Waals surface area contributed by atoms with Crippen LogP contribution in [-0.4, -0.2) is 68.8 Å². The predicted molar refractivity (Wildman–Crippen MR) is 67.2 cm³/mol. The molecule has 0 aromatic heterocycles. The number of hydrogen-bond donors (Lipinski definition) is 5. The van der Waals surface area contributed by atoms with Gasteiger partial charge in [0.2, 0.25) is 6.29 Å².